The molecule has 0 amide bonds. The Bertz CT molecular complexity index is 488. The van der Waals surface area contributed by atoms with E-state index in [-0.39, 0.29) is 21.1 Å². The SMILES string of the molecule is CC(C)N.CC(C)N.O=C([O-])C(F)(CCOC1O[C@H](CO)[C@@H](O)[C@H](O)[C@H]1O)C(=O)[O-].[Pt+2]. The standard InChI is InChI=1S/C11H17FO10.2C3H9N.Pt/c12-11(9(17)18,10(19)20)1-2-21-8-7(16)6(15)5(14)4(3-13)22-8;2*1-3(2)4;/h4-8,13-16H,1-3H2,(H,17,18)(H,19,20);2*3H,4H2,1-2H3;/q;;;+2/p-2/t4-,5-,6+,7-,8?;;;/m1.../s1. The first kappa shape index (κ1) is 34.8. The number of aliphatic hydroxyl groups excluding tert-OH is 4. The number of carbonyl (C=O) groups is 2. The smallest absolute Gasteiger partial charge is 0.546 e. The average molecular weight is 640 g/mol. The van der Waals surface area contributed by atoms with E-state index in [1.54, 1.807) is 0 Å². The fourth-order valence-electron chi connectivity index (χ4n) is 1.81. The number of alkyl halides is 1. The molecule has 1 fully saturated rings. The molecule has 0 radical (unpaired) electrons. The summed E-state index contributed by atoms with van der Waals surface area (Å²) in [5.41, 5.74) is 6.42. The molecule has 14 heteroatoms. The van der Waals surface area contributed by atoms with Crippen LogP contribution in [0.15, 0.2) is 0 Å². The van der Waals surface area contributed by atoms with Crippen LogP contribution in [0.4, 0.5) is 4.39 Å². The predicted molar refractivity (Wildman–Crippen MR) is 96.8 cm³/mol. The minimum Gasteiger partial charge on any atom is -0.546 e. The van der Waals surface area contributed by atoms with Crippen molar-refractivity contribution in [2.24, 2.45) is 11.5 Å². The van der Waals surface area contributed by atoms with Gasteiger partial charge in [0.1, 0.15) is 24.4 Å². The molecular formula is C17H33FN2O10Pt. The number of hydrogen-bond donors (Lipinski definition) is 6. The fraction of sp³-hybridized carbons (Fsp3) is 0.882. The molecule has 1 heterocycles. The molecule has 0 aliphatic carbocycles. The summed E-state index contributed by atoms with van der Waals surface area (Å²) in [6.45, 7) is 6.21. The van der Waals surface area contributed by atoms with Gasteiger partial charge in [-0.15, -0.1) is 0 Å². The van der Waals surface area contributed by atoms with Crippen molar-refractivity contribution in [1.29, 1.82) is 0 Å². The van der Waals surface area contributed by atoms with Crippen LogP contribution in [0.25, 0.3) is 0 Å². The van der Waals surface area contributed by atoms with Crippen LogP contribution in [0.1, 0.15) is 34.1 Å². The summed E-state index contributed by atoms with van der Waals surface area (Å²) < 4.78 is 23.2. The number of nitrogens with two attached hydrogens (primary N) is 2. The molecule has 1 aliphatic heterocycles. The minimum absolute atomic E-state index is 0. The third kappa shape index (κ3) is 13.4. The van der Waals surface area contributed by atoms with Crippen molar-refractivity contribution < 1.29 is 75.2 Å². The van der Waals surface area contributed by atoms with Crippen LogP contribution in [-0.4, -0.2) is 94.0 Å². The van der Waals surface area contributed by atoms with Crippen LogP contribution in [0.2, 0.25) is 0 Å². The van der Waals surface area contributed by atoms with Crippen molar-refractivity contribution in [3.8, 4) is 0 Å². The Morgan fingerprint density at radius 1 is 1.03 bits per heavy atom. The second-order valence-corrected chi connectivity index (χ2v) is 7.18. The number of hydrogen-bond acceptors (Lipinski definition) is 12. The average Bonchev–Trinajstić information content (AvgIpc) is 2.60. The van der Waals surface area contributed by atoms with Crippen LogP contribution in [0, 0.1) is 0 Å². The topological polar surface area (TPSA) is 232 Å². The van der Waals surface area contributed by atoms with Gasteiger partial charge in [0.15, 0.2) is 12.0 Å². The number of aliphatic carboxylic acids is 2. The zero-order valence-corrected chi connectivity index (χ0v) is 20.0. The summed E-state index contributed by atoms with van der Waals surface area (Å²) >= 11 is 0. The quantitative estimate of drug-likeness (QED) is 0.144. The molecular weight excluding hydrogens is 606 g/mol. The van der Waals surface area contributed by atoms with Crippen molar-refractivity contribution in [3.63, 3.8) is 0 Å². The predicted octanol–water partition coefficient (Wildman–Crippen LogP) is -4.89. The first-order valence-electron chi connectivity index (χ1n) is 9.16. The molecule has 31 heavy (non-hydrogen) atoms. The zero-order valence-electron chi connectivity index (χ0n) is 17.8. The Balaban J connectivity index is -0.000000747. The van der Waals surface area contributed by atoms with Crippen molar-refractivity contribution in [3.05, 3.63) is 0 Å². The molecule has 12 nitrogen and oxygen atoms in total. The fourth-order valence-corrected chi connectivity index (χ4v) is 1.81. The molecule has 0 bridgehead atoms. The molecule has 0 spiro atoms. The number of aliphatic hydroxyl groups is 4. The normalized spacial score (nSPS) is 25.5. The molecule has 0 aromatic heterocycles. The second-order valence-electron chi connectivity index (χ2n) is 7.18. The molecule has 1 saturated heterocycles. The monoisotopic (exact) mass is 639 g/mol. The van der Waals surface area contributed by atoms with Gasteiger partial charge in [0.05, 0.1) is 25.2 Å². The van der Waals surface area contributed by atoms with Gasteiger partial charge in [-0.1, -0.05) is 27.7 Å². The molecule has 188 valence electrons. The van der Waals surface area contributed by atoms with E-state index >= 15 is 0 Å². The van der Waals surface area contributed by atoms with E-state index in [1.165, 1.54) is 0 Å². The number of rotatable bonds is 7. The van der Waals surface area contributed by atoms with E-state index in [0.717, 1.165) is 0 Å². The zero-order chi connectivity index (χ0) is 24.2. The van der Waals surface area contributed by atoms with Gasteiger partial charge in [-0.2, -0.15) is 0 Å². The molecule has 0 saturated carbocycles. The Labute approximate surface area is 194 Å². The van der Waals surface area contributed by atoms with E-state index in [1.807, 2.05) is 27.7 Å². The summed E-state index contributed by atoms with van der Waals surface area (Å²) in [7, 11) is 0. The molecule has 1 rings (SSSR count). The van der Waals surface area contributed by atoms with Gasteiger partial charge >= 0.3 is 21.1 Å². The maximum absolute atomic E-state index is 13.5. The van der Waals surface area contributed by atoms with Gasteiger partial charge in [-0.25, -0.2) is 4.39 Å². The van der Waals surface area contributed by atoms with Gasteiger partial charge in [0, 0.05) is 6.42 Å². The molecule has 0 aromatic rings. The Hall–Kier alpha value is -0.762. The summed E-state index contributed by atoms with van der Waals surface area (Å²) in [5.74, 6) is -5.05. The molecule has 8 N–H and O–H groups in total. The van der Waals surface area contributed by atoms with Crippen LogP contribution in [0.3, 0.4) is 0 Å². The number of ether oxygens (including phenoxy) is 2. The van der Waals surface area contributed by atoms with E-state index in [2.05, 4.69) is 0 Å². The first-order chi connectivity index (χ1) is 13.6. The largest absolute Gasteiger partial charge is 2.00 e. The Morgan fingerprint density at radius 3 is 1.74 bits per heavy atom. The maximum Gasteiger partial charge on any atom is 2.00 e. The van der Waals surface area contributed by atoms with Crippen LogP contribution in [-0.2, 0) is 40.1 Å². The molecule has 1 aliphatic rings. The van der Waals surface area contributed by atoms with Gasteiger partial charge in [-0.05, 0) is 12.1 Å². The number of carboxylic acid groups (broad SMARTS) is 2. The van der Waals surface area contributed by atoms with Crippen molar-refractivity contribution >= 4 is 11.9 Å². The summed E-state index contributed by atoms with van der Waals surface area (Å²) in [6.07, 6.45) is -9.27. The Morgan fingerprint density at radius 2 is 1.42 bits per heavy atom. The third-order valence-electron chi connectivity index (χ3n) is 3.22. The summed E-state index contributed by atoms with van der Waals surface area (Å²) in [6, 6.07) is 0.667. The van der Waals surface area contributed by atoms with Crippen LogP contribution < -0.4 is 21.7 Å². The van der Waals surface area contributed by atoms with Crippen LogP contribution in [0.5, 0.6) is 0 Å². The first-order valence-corrected chi connectivity index (χ1v) is 9.16. The Kier molecular flexibility index (Phi) is 18.9. The van der Waals surface area contributed by atoms with E-state index < -0.39 is 67.9 Å². The van der Waals surface area contributed by atoms with Crippen molar-refractivity contribution in [1.82, 2.24) is 0 Å². The van der Waals surface area contributed by atoms with Gasteiger partial charge < -0.3 is 61.2 Å². The van der Waals surface area contributed by atoms with Crippen molar-refractivity contribution in [2.45, 2.75) is 82.6 Å². The number of halogens is 1. The van der Waals surface area contributed by atoms with E-state index in [4.69, 9.17) is 26.0 Å². The van der Waals surface area contributed by atoms with Crippen LogP contribution >= 0.6 is 0 Å². The van der Waals surface area contributed by atoms with E-state index in [9.17, 15) is 39.5 Å². The summed E-state index contributed by atoms with van der Waals surface area (Å²) in [4.78, 5) is 20.9. The van der Waals surface area contributed by atoms with Gasteiger partial charge in [-0.3, -0.25) is 0 Å². The molecule has 5 atom stereocenters. The second kappa shape index (κ2) is 16.8. The minimum atomic E-state index is -3.80. The number of carbonyl (C=O) groups excluding carboxylic acids is 2. The van der Waals surface area contributed by atoms with Crippen molar-refractivity contribution in [2.75, 3.05) is 13.2 Å². The molecule has 0 aromatic carbocycles. The van der Waals surface area contributed by atoms with Gasteiger partial charge in [0.2, 0.25) is 0 Å². The maximum atomic E-state index is 13.5. The number of carboxylic acids is 2. The molecule has 1 unspecified atom stereocenters. The van der Waals surface area contributed by atoms with Gasteiger partial charge in [0.25, 0.3) is 0 Å². The summed E-state index contributed by atoms with van der Waals surface area (Å²) in [5, 5.41) is 58.3. The third-order valence-corrected chi connectivity index (χ3v) is 3.22. The van der Waals surface area contributed by atoms with E-state index in [0.29, 0.717) is 12.1 Å².